The second-order valence-corrected chi connectivity index (χ2v) is 10.1. The summed E-state index contributed by atoms with van der Waals surface area (Å²) in [6, 6.07) is 7.23. The highest BCUT2D eigenvalue weighted by Crippen LogP contribution is 2.42. The molecule has 3 aromatic rings. The van der Waals surface area contributed by atoms with Gasteiger partial charge >= 0.3 is 11.3 Å². The molecule has 0 radical (unpaired) electrons. The van der Waals surface area contributed by atoms with Crippen molar-refractivity contribution in [2.75, 3.05) is 13.2 Å². The molecule has 2 fully saturated rings. The number of aliphatic hydroxyl groups excluding tert-OH is 8. The Balaban J connectivity index is 1.55. The van der Waals surface area contributed by atoms with Gasteiger partial charge in [0.25, 0.3) is 0 Å². The SMILES string of the molecule is OCC1OC(Oc2cc(O)c3cc(OC4OC(CO)C(O)C(O)C4O)c(-c4ccc(O)c(O)c4)[o+]c3c2)C(O)C(O)C1O. The molecule has 2 aromatic carbocycles. The first-order valence-corrected chi connectivity index (χ1v) is 13.0. The summed E-state index contributed by atoms with van der Waals surface area (Å²) in [5.41, 5.74) is 0.0554. The molecule has 234 valence electrons. The molecule has 16 heteroatoms. The number of hydrogen-bond donors (Lipinski definition) is 11. The minimum Gasteiger partial charge on any atom is -0.507 e. The van der Waals surface area contributed by atoms with Gasteiger partial charge in [-0.15, -0.1) is 0 Å². The Morgan fingerprint density at radius 2 is 1.21 bits per heavy atom. The molecule has 43 heavy (non-hydrogen) atoms. The number of aliphatic hydroxyl groups is 8. The minimum atomic E-state index is -1.79. The molecule has 11 N–H and O–H groups in total. The van der Waals surface area contributed by atoms with E-state index in [0.717, 1.165) is 18.2 Å². The van der Waals surface area contributed by atoms with Crippen LogP contribution in [-0.4, -0.2) is 131 Å². The number of aromatic hydroxyl groups is 3. The highest BCUT2D eigenvalue weighted by atomic mass is 16.7. The van der Waals surface area contributed by atoms with Gasteiger partial charge in [0, 0.05) is 18.2 Å². The molecular formula is C27H31O16+. The van der Waals surface area contributed by atoms with Crippen molar-refractivity contribution in [3.63, 3.8) is 0 Å². The number of phenolic OH excluding ortho intramolecular Hbond substituents is 3. The molecule has 0 amide bonds. The van der Waals surface area contributed by atoms with Crippen LogP contribution < -0.4 is 9.47 Å². The van der Waals surface area contributed by atoms with Crippen molar-refractivity contribution in [3.8, 4) is 40.1 Å². The number of phenols is 3. The fraction of sp³-hybridized carbons (Fsp3) is 0.444. The fourth-order valence-corrected chi connectivity index (χ4v) is 4.78. The first-order valence-electron chi connectivity index (χ1n) is 13.0. The van der Waals surface area contributed by atoms with Gasteiger partial charge in [-0.1, -0.05) is 0 Å². The zero-order valence-corrected chi connectivity index (χ0v) is 22.1. The number of fused-ring (bicyclic) bond motifs is 1. The molecule has 3 heterocycles. The maximum absolute atomic E-state index is 10.8. The summed E-state index contributed by atoms with van der Waals surface area (Å²) in [7, 11) is 0. The van der Waals surface area contributed by atoms with E-state index in [0.29, 0.717) is 0 Å². The van der Waals surface area contributed by atoms with Crippen LogP contribution in [-0.2, 0) is 9.47 Å². The molecule has 2 saturated heterocycles. The van der Waals surface area contributed by atoms with Gasteiger partial charge in [-0.05, 0) is 12.1 Å². The average molecular weight is 612 g/mol. The zero-order valence-electron chi connectivity index (χ0n) is 22.1. The monoisotopic (exact) mass is 611 g/mol. The van der Waals surface area contributed by atoms with Gasteiger partial charge in [0.2, 0.25) is 18.3 Å². The third-order valence-corrected chi connectivity index (χ3v) is 7.23. The standard InChI is InChI=1S/C27H30O16/c28-7-17-19(33)21(35)23(37)26(42-17)39-10-4-13(31)11-6-16(41-27-24(38)22(36)20(34)18(8-29)43-27)25(40-15(11)5-10)9-1-2-12(30)14(32)3-9/h1-6,17-24,26-29,33-38H,7-8H2,(H2-,30,31,32)/p+1. The summed E-state index contributed by atoms with van der Waals surface area (Å²) in [5, 5.41) is 111. The summed E-state index contributed by atoms with van der Waals surface area (Å²) in [6.07, 6.45) is -16.0. The Morgan fingerprint density at radius 3 is 1.77 bits per heavy atom. The summed E-state index contributed by atoms with van der Waals surface area (Å²) in [5.74, 6) is -1.94. The van der Waals surface area contributed by atoms with Crippen molar-refractivity contribution < 1.29 is 79.5 Å². The van der Waals surface area contributed by atoms with E-state index in [1.165, 1.54) is 18.2 Å². The van der Waals surface area contributed by atoms with Gasteiger partial charge in [0.1, 0.15) is 65.7 Å². The molecule has 0 saturated carbocycles. The van der Waals surface area contributed by atoms with Gasteiger partial charge in [0.05, 0.1) is 24.8 Å². The van der Waals surface area contributed by atoms with Gasteiger partial charge < -0.3 is 75.1 Å². The molecule has 0 bridgehead atoms. The van der Waals surface area contributed by atoms with Crippen molar-refractivity contribution in [1.82, 2.24) is 0 Å². The Labute approximate surface area is 242 Å². The minimum absolute atomic E-state index is 0.00694. The predicted molar refractivity (Wildman–Crippen MR) is 140 cm³/mol. The zero-order chi connectivity index (χ0) is 31.2. The first-order chi connectivity index (χ1) is 20.4. The lowest BCUT2D eigenvalue weighted by Gasteiger charge is -2.39. The predicted octanol–water partition coefficient (Wildman–Crippen LogP) is -2.14. The van der Waals surface area contributed by atoms with Gasteiger partial charge in [-0.3, -0.25) is 0 Å². The summed E-state index contributed by atoms with van der Waals surface area (Å²) >= 11 is 0. The van der Waals surface area contributed by atoms with E-state index in [-0.39, 0.29) is 33.8 Å². The number of rotatable bonds is 7. The lowest BCUT2D eigenvalue weighted by atomic mass is 9.99. The maximum atomic E-state index is 10.8. The van der Waals surface area contributed by atoms with Crippen LogP contribution in [0.5, 0.6) is 28.7 Å². The van der Waals surface area contributed by atoms with Crippen LogP contribution in [0.2, 0.25) is 0 Å². The summed E-state index contributed by atoms with van der Waals surface area (Å²) in [4.78, 5) is 0. The van der Waals surface area contributed by atoms with Gasteiger partial charge in [-0.25, -0.2) is 4.42 Å². The average Bonchev–Trinajstić information content (AvgIpc) is 2.99. The summed E-state index contributed by atoms with van der Waals surface area (Å²) < 4.78 is 28.1. The van der Waals surface area contributed by atoms with Crippen LogP contribution in [0.1, 0.15) is 0 Å². The van der Waals surface area contributed by atoms with Crippen molar-refractivity contribution >= 4 is 11.0 Å². The number of benzene rings is 2. The van der Waals surface area contributed by atoms with Crippen LogP contribution in [0.3, 0.4) is 0 Å². The topological polar surface area (TPSA) is 271 Å². The van der Waals surface area contributed by atoms with E-state index in [2.05, 4.69) is 0 Å². The van der Waals surface area contributed by atoms with Crippen LogP contribution in [0.25, 0.3) is 22.3 Å². The Bertz CT molecular complexity index is 1450. The first kappa shape index (κ1) is 30.9. The molecule has 0 aliphatic carbocycles. The van der Waals surface area contributed by atoms with Gasteiger partial charge in [0.15, 0.2) is 11.5 Å². The largest absolute Gasteiger partial charge is 0.507 e. The van der Waals surface area contributed by atoms with Gasteiger partial charge in [-0.2, -0.15) is 0 Å². The van der Waals surface area contributed by atoms with E-state index >= 15 is 0 Å². The second-order valence-electron chi connectivity index (χ2n) is 10.1. The maximum Gasteiger partial charge on any atom is 0.402 e. The third kappa shape index (κ3) is 5.85. The van der Waals surface area contributed by atoms with Crippen molar-refractivity contribution in [3.05, 3.63) is 36.4 Å². The molecule has 5 rings (SSSR count). The van der Waals surface area contributed by atoms with Crippen molar-refractivity contribution in [2.45, 2.75) is 61.4 Å². The number of hydrogen-bond acceptors (Lipinski definition) is 15. The molecule has 2 aliphatic heterocycles. The quantitative estimate of drug-likeness (QED) is 0.100. The highest BCUT2D eigenvalue weighted by molar-refractivity contribution is 5.88. The van der Waals surface area contributed by atoms with E-state index in [4.69, 9.17) is 23.4 Å². The van der Waals surface area contributed by atoms with Crippen LogP contribution >= 0.6 is 0 Å². The van der Waals surface area contributed by atoms with Crippen molar-refractivity contribution in [1.29, 1.82) is 0 Å². The molecule has 16 nitrogen and oxygen atoms in total. The third-order valence-electron chi connectivity index (χ3n) is 7.23. The van der Waals surface area contributed by atoms with Crippen LogP contribution in [0.4, 0.5) is 0 Å². The number of ether oxygens (including phenoxy) is 4. The van der Waals surface area contributed by atoms with E-state index in [1.54, 1.807) is 0 Å². The Hall–Kier alpha value is -3.55. The van der Waals surface area contributed by atoms with Crippen molar-refractivity contribution in [2.24, 2.45) is 0 Å². The van der Waals surface area contributed by atoms with E-state index in [9.17, 15) is 56.2 Å². The Kier molecular flexibility index (Phi) is 8.77. The molecule has 2 aliphatic rings. The van der Waals surface area contributed by atoms with E-state index in [1.807, 2.05) is 0 Å². The molecule has 10 atom stereocenters. The lowest BCUT2D eigenvalue weighted by molar-refractivity contribution is -0.277. The summed E-state index contributed by atoms with van der Waals surface area (Å²) in [6.45, 7) is -1.41. The van der Waals surface area contributed by atoms with Crippen LogP contribution in [0.15, 0.2) is 40.8 Å². The molecule has 10 unspecified atom stereocenters. The normalized spacial score (nSPS) is 32.9. The smallest absolute Gasteiger partial charge is 0.402 e. The molecular weight excluding hydrogens is 580 g/mol. The molecule has 1 aromatic heterocycles. The second kappa shape index (κ2) is 12.2. The fourth-order valence-electron chi connectivity index (χ4n) is 4.78. The lowest BCUT2D eigenvalue weighted by Crippen LogP contribution is -2.60. The Morgan fingerprint density at radius 1 is 0.628 bits per heavy atom. The van der Waals surface area contributed by atoms with E-state index < -0.39 is 91.9 Å². The highest BCUT2D eigenvalue weighted by Gasteiger charge is 2.46. The van der Waals surface area contributed by atoms with Crippen LogP contribution in [0, 0.1) is 0 Å². The molecule has 0 spiro atoms.